The Labute approximate surface area is 119 Å². The van der Waals surface area contributed by atoms with Crippen LogP contribution in [0.15, 0.2) is 24.3 Å². The molecule has 2 N–H and O–H groups in total. The first-order valence-electron chi connectivity index (χ1n) is 7.07. The number of carbonyl (C=O) groups is 2. The maximum Gasteiger partial charge on any atom is 0.310 e. The van der Waals surface area contributed by atoms with Crippen LogP contribution in [0.25, 0.3) is 0 Å². The summed E-state index contributed by atoms with van der Waals surface area (Å²) >= 11 is 0. The van der Waals surface area contributed by atoms with E-state index < -0.39 is 11.4 Å². The summed E-state index contributed by atoms with van der Waals surface area (Å²) < 4.78 is 0. The van der Waals surface area contributed by atoms with E-state index in [0.29, 0.717) is 19.4 Å². The van der Waals surface area contributed by atoms with Crippen molar-refractivity contribution in [1.82, 2.24) is 5.32 Å². The highest BCUT2D eigenvalue weighted by molar-refractivity contribution is 5.85. The molecule has 1 aliphatic rings. The van der Waals surface area contributed by atoms with Crippen molar-refractivity contribution in [3.05, 3.63) is 35.4 Å². The summed E-state index contributed by atoms with van der Waals surface area (Å²) in [4.78, 5) is 23.0. The molecular formula is C16H21NO3. The van der Waals surface area contributed by atoms with Gasteiger partial charge in [-0.1, -0.05) is 36.2 Å². The van der Waals surface area contributed by atoms with E-state index in [-0.39, 0.29) is 12.3 Å². The fourth-order valence-electron chi connectivity index (χ4n) is 2.65. The highest BCUT2D eigenvalue weighted by Gasteiger charge is 2.45. The van der Waals surface area contributed by atoms with Crippen LogP contribution in [0.2, 0.25) is 0 Å². The molecule has 4 heteroatoms. The number of hydrogen-bond donors (Lipinski definition) is 2. The molecule has 2 rings (SSSR count). The molecule has 1 aromatic carbocycles. The van der Waals surface area contributed by atoms with Crippen LogP contribution in [-0.2, 0) is 16.0 Å². The van der Waals surface area contributed by atoms with Gasteiger partial charge < -0.3 is 10.4 Å². The number of benzene rings is 1. The van der Waals surface area contributed by atoms with E-state index in [9.17, 15) is 14.7 Å². The van der Waals surface area contributed by atoms with Gasteiger partial charge in [-0.15, -0.1) is 0 Å². The molecule has 0 unspecified atom stereocenters. The second-order valence-corrected chi connectivity index (χ2v) is 5.70. The minimum atomic E-state index is -0.836. The van der Waals surface area contributed by atoms with Crippen LogP contribution in [0.5, 0.6) is 0 Å². The number of nitrogens with one attached hydrogen (secondary N) is 1. The largest absolute Gasteiger partial charge is 0.481 e. The molecule has 0 saturated heterocycles. The van der Waals surface area contributed by atoms with Gasteiger partial charge in [-0.2, -0.15) is 0 Å². The lowest BCUT2D eigenvalue weighted by Crippen LogP contribution is -2.42. The van der Waals surface area contributed by atoms with Crippen molar-refractivity contribution >= 4 is 11.9 Å². The quantitative estimate of drug-likeness (QED) is 0.837. The second-order valence-electron chi connectivity index (χ2n) is 5.70. The second kappa shape index (κ2) is 6.07. The molecule has 20 heavy (non-hydrogen) atoms. The van der Waals surface area contributed by atoms with E-state index in [4.69, 9.17) is 0 Å². The van der Waals surface area contributed by atoms with Crippen molar-refractivity contribution < 1.29 is 14.7 Å². The summed E-state index contributed by atoms with van der Waals surface area (Å²) in [6, 6.07) is 8.16. The third-order valence-corrected chi connectivity index (χ3v) is 4.08. The van der Waals surface area contributed by atoms with Crippen LogP contribution >= 0.6 is 0 Å². The Balaban J connectivity index is 1.77. The molecular weight excluding hydrogens is 254 g/mol. The van der Waals surface area contributed by atoms with Gasteiger partial charge >= 0.3 is 5.97 Å². The smallest absolute Gasteiger partial charge is 0.310 e. The molecule has 1 amide bonds. The highest BCUT2D eigenvalue weighted by Crippen LogP contribution is 2.44. The Hall–Kier alpha value is -1.84. The lowest BCUT2D eigenvalue weighted by molar-refractivity contribution is -0.157. The Morgan fingerprint density at radius 3 is 2.65 bits per heavy atom. The molecule has 1 fully saturated rings. The number of carbonyl (C=O) groups excluding carboxylic acids is 1. The molecule has 0 heterocycles. The average molecular weight is 275 g/mol. The van der Waals surface area contributed by atoms with Crippen molar-refractivity contribution in [3.8, 4) is 0 Å². The van der Waals surface area contributed by atoms with E-state index in [1.54, 1.807) is 0 Å². The molecule has 0 aromatic heterocycles. The molecule has 1 aliphatic carbocycles. The minimum absolute atomic E-state index is 0.107. The monoisotopic (exact) mass is 275 g/mol. The van der Waals surface area contributed by atoms with Crippen LogP contribution in [0, 0.1) is 12.3 Å². The fourth-order valence-corrected chi connectivity index (χ4v) is 2.65. The van der Waals surface area contributed by atoms with Crippen molar-refractivity contribution in [1.29, 1.82) is 0 Å². The van der Waals surface area contributed by atoms with Crippen molar-refractivity contribution in [2.45, 2.75) is 39.0 Å². The maximum atomic E-state index is 11.8. The van der Waals surface area contributed by atoms with Crippen molar-refractivity contribution in [2.24, 2.45) is 5.41 Å². The predicted octanol–water partition coefficient (Wildman–Crippen LogP) is 2.30. The van der Waals surface area contributed by atoms with E-state index in [0.717, 1.165) is 12.8 Å². The predicted molar refractivity (Wildman–Crippen MR) is 76.4 cm³/mol. The number of aryl methyl sites for hydroxylation is 1. The van der Waals surface area contributed by atoms with Crippen LogP contribution in [0.1, 0.15) is 36.8 Å². The third kappa shape index (κ3) is 3.38. The zero-order chi connectivity index (χ0) is 14.6. The molecule has 0 aliphatic heterocycles. The first kappa shape index (κ1) is 14.6. The summed E-state index contributed by atoms with van der Waals surface area (Å²) in [6.07, 6.45) is 3.02. The zero-order valence-electron chi connectivity index (χ0n) is 11.8. The molecule has 4 nitrogen and oxygen atoms in total. The maximum absolute atomic E-state index is 11.8. The first-order valence-corrected chi connectivity index (χ1v) is 7.07. The normalized spacial score (nSPS) is 16.2. The number of hydrogen-bond acceptors (Lipinski definition) is 2. The van der Waals surface area contributed by atoms with Gasteiger partial charge in [-0.05, 0) is 31.7 Å². The van der Waals surface area contributed by atoms with Gasteiger partial charge in [0.1, 0.15) is 0 Å². The SMILES string of the molecule is Cc1cccc(CCNC(=O)CC2(C(=O)O)CCC2)c1. The summed E-state index contributed by atoms with van der Waals surface area (Å²) in [5.74, 6) is -0.989. The molecule has 0 spiro atoms. The number of carboxylic acids is 1. The van der Waals surface area contributed by atoms with Gasteiger partial charge in [0, 0.05) is 13.0 Å². The van der Waals surface area contributed by atoms with Gasteiger partial charge in [0.25, 0.3) is 0 Å². The van der Waals surface area contributed by atoms with E-state index in [2.05, 4.69) is 11.4 Å². The van der Waals surface area contributed by atoms with E-state index in [1.807, 2.05) is 25.1 Å². The summed E-state index contributed by atoms with van der Waals surface area (Å²) in [5.41, 5.74) is 1.59. The first-order chi connectivity index (χ1) is 9.52. The minimum Gasteiger partial charge on any atom is -0.481 e. The molecule has 0 bridgehead atoms. The van der Waals surface area contributed by atoms with Gasteiger partial charge in [-0.3, -0.25) is 9.59 Å². The molecule has 0 atom stereocenters. The Morgan fingerprint density at radius 1 is 1.35 bits per heavy atom. The lowest BCUT2D eigenvalue weighted by atomic mass is 9.66. The topological polar surface area (TPSA) is 66.4 Å². The van der Waals surface area contributed by atoms with Gasteiger partial charge in [0.2, 0.25) is 5.91 Å². The van der Waals surface area contributed by atoms with Crippen LogP contribution < -0.4 is 5.32 Å². The molecule has 1 saturated carbocycles. The Bertz CT molecular complexity index is 506. The third-order valence-electron chi connectivity index (χ3n) is 4.08. The van der Waals surface area contributed by atoms with E-state index in [1.165, 1.54) is 11.1 Å². The number of amides is 1. The van der Waals surface area contributed by atoms with Crippen LogP contribution in [0.3, 0.4) is 0 Å². The van der Waals surface area contributed by atoms with E-state index >= 15 is 0 Å². The molecule has 108 valence electrons. The number of aliphatic carboxylic acids is 1. The van der Waals surface area contributed by atoms with Gasteiger partial charge in [-0.25, -0.2) is 0 Å². The average Bonchev–Trinajstić information content (AvgIpc) is 2.33. The lowest BCUT2D eigenvalue weighted by Gasteiger charge is -2.36. The van der Waals surface area contributed by atoms with Gasteiger partial charge in [0.15, 0.2) is 0 Å². The Morgan fingerprint density at radius 2 is 2.10 bits per heavy atom. The van der Waals surface area contributed by atoms with Crippen molar-refractivity contribution in [2.75, 3.05) is 6.54 Å². The standard InChI is InChI=1S/C16H21NO3/c1-12-4-2-5-13(10-12)6-9-17-14(18)11-16(15(19)20)7-3-8-16/h2,4-5,10H,3,6-9,11H2,1H3,(H,17,18)(H,19,20). The fraction of sp³-hybridized carbons (Fsp3) is 0.500. The summed E-state index contributed by atoms with van der Waals surface area (Å²) in [5, 5.41) is 12.0. The molecule has 1 aromatic rings. The van der Waals surface area contributed by atoms with Gasteiger partial charge in [0.05, 0.1) is 5.41 Å². The Kier molecular flexibility index (Phi) is 4.42. The van der Waals surface area contributed by atoms with Crippen LogP contribution in [-0.4, -0.2) is 23.5 Å². The number of carboxylic acid groups (broad SMARTS) is 1. The summed E-state index contributed by atoms with van der Waals surface area (Å²) in [6.45, 7) is 2.59. The van der Waals surface area contributed by atoms with Crippen molar-refractivity contribution in [3.63, 3.8) is 0 Å². The summed E-state index contributed by atoms with van der Waals surface area (Å²) in [7, 11) is 0. The zero-order valence-corrected chi connectivity index (χ0v) is 11.8. The van der Waals surface area contributed by atoms with Crippen LogP contribution in [0.4, 0.5) is 0 Å². The highest BCUT2D eigenvalue weighted by atomic mass is 16.4. The number of rotatable bonds is 6. The molecule has 0 radical (unpaired) electrons.